The van der Waals surface area contributed by atoms with Gasteiger partial charge in [0.15, 0.2) is 0 Å². The molecule has 0 fully saturated rings. The molecule has 0 aliphatic heterocycles. The number of hydrogen-bond donors (Lipinski definition) is 0. The standard InChI is InChI=1S/C22H18N2/c1-15-5-9-17(10-6-15)20-14-21-19(4-3-13-23-21)22(24-20)18-11-7-16(2)8-12-18/h3-14H,1-2H3. The van der Waals surface area contributed by atoms with Crippen LogP contribution in [-0.2, 0) is 0 Å². The second-order valence-electron chi connectivity index (χ2n) is 6.16. The maximum atomic E-state index is 4.96. The van der Waals surface area contributed by atoms with Crippen molar-refractivity contribution < 1.29 is 0 Å². The van der Waals surface area contributed by atoms with Crippen LogP contribution in [0.3, 0.4) is 0 Å². The lowest BCUT2D eigenvalue weighted by Crippen LogP contribution is -1.92. The molecule has 2 aromatic carbocycles. The van der Waals surface area contributed by atoms with Crippen molar-refractivity contribution in [2.75, 3.05) is 0 Å². The van der Waals surface area contributed by atoms with E-state index in [1.54, 1.807) is 0 Å². The summed E-state index contributed by atoms with van der Waals surface area (Å²) in [5.74, 6) is 0. The Morgan fingerprint density at radius 2 is 1.33 bits per heavy atom. The van der Waals surface area contributed by atoms with Crippen LogP contribution in [0.25, 0.3) is 33.4 Å². The molecule has 0 saturated carbocycles. The predicted molar refractivity (Wildman–Crippen MR) is 99.9 cm³/mol. The van der Waals surface area contributed by atoms with Crippen LogP contribution in [0.2, 0.25) is 0 Å². The van der Waals surface area contributed by atoms with Gasteiger partial charge in [-0.15, -0.1) is 0 Å². The Morgan fingerprint density at radius 1 is 0.708 bits per heavy atom. The molecule has 24 heavy (non-hydrogen) atoms. The van der Waals surface area contributed by atoms with Crippen LogP contribution < -0.4 is 0 Å². The van der Waals surface area contributed by atoms with Gasteiger partial charge in [0.05, 0.1) is 16.9 Å². The van der Waals surface area contributed by atoms with Crippen molar-refractivity contribution in [2.24, 2.45) is 0 Å². The third-order valence-electron chi connectivity index (χ3n) is 4.27. The highest BCUT2D eigenvalue weighted by Crippen LogP contribution is 2.30. The number of pyridine rings is 2. The Hall–Kier alpha value is -3.00. The summed E-state index contributed by atoms with van der Waals surface area (Å²) < 4.78 is 0. The Morgan fingerprint density at radius 3 is 2.00 bits per heavy atom. The second-order valence-corrected chi connectivity index (χ2v) is 6.16. The van der Waals surface area contributed by atoms with Gasteiger partial charge >= 0.3 is 0 Å². The third-order valence-corrected chi connectivity index (χ3v) is 4.27. The van der Waals surface area contributed by atoms with Gasteiger partial charge < -0.3 is 0 Å². The van der Waals surface area contributed by atoms with E-state index in [1.807, 2.05) is 12.3 Å². The molecule has 0 bridgehead atoms. The van der Waals surface area contributed by atoms with E-state index in [0.717, 1.165) is 33.4 Å². The second kappa shape index (κ2) is 5.89. The Bertz CT molecular complexity index is 1000. The van der Waals surface area contributed by atoms with E-state index in [2.05, 4.69) is 79.5 Å². The highest BCUT2D eigenvalue weighted by Gasteiger charge is 2.10. The van der Waals surface area contributed by atoms with E-state index < -0.39 is 0 Å². The average Bonchev–Trinajstić information content (AvgIpc) is 2.62. The Balaban J connectivity index is 1.97. The van der Waals surface area contributed by atoms with Crippen molar-refractivity contribution in [3.05, 3.63) is 84.1 Å². The van der Waals surface area contributed by atoms with Crippen molar-refractivity contribution in [1.82, 2.24) is 9.97 Å². The van der Waals surface area contributed by atoms with Crippen molar-refractivity contribution in [1.29, 1.82) is 0 Å². The van der Waals surface area contributed by atoms with Crippen LogP contribution in [0.5, 0.6) is 0 Å². The molecule has 4 aromatic rings. The van der Waals surface area contributed by atoms with Gasteiger partial charge in [0.2, 0.25) is 0 Å². The first-order valence-corrected chi connectivity index (χ1v) is 8.10. The first kappa shape index (κ1) is 14.6. The van der Waals surface area contributed by atoms with E-state index in [1.165, 1.54) is 11.1 Å². The Labute approximate surface area is 141 Å². The lowest BCUT2D eigenvalue weighted by Gasteiger charge is -2.10. The minimum atomic E-state index is 0.955. The molecular weight excluding hydrogens is 292 g/mol. The molecule has 0 saturated heterocycles. The predicted octanol–water partition coefficient (Wildman–Crippen LogP) is 5.58. The summed E-state index contributed by atoms with van der Waals surface area (Å²) in [4.78, 5) is 9.51. The molecule has 0 spiro atoms. The van der Waals surface area contributed by atoms with E-state index in [9.17, 15) is 0 Å². The quantitative estimate of drug-likeness (QED) is 0.483. The maximum absolute atomic E-state index is 4.96. The van der Waals surface area contributed by atoms with Gasteiger partial charge in [-0.2, -0.15) is 0 Å². The SMILES string of the molecule is Cc1ccc(-c2cc3ncccc3c(-c3ccc(C)cc3)n2)cc1. The van der Waals surface area contributed by atoms with Gasteiger partial charge in [-0.1, -0.05) is 59.7 Å². The molecule has 2 nitrogen and oxygen atoms in total. The fourth-order valence-corrected chi connectivity index (χ4v) is 2.88. The minimum absolute atomic E-state index is 0.955. The molecule has 2 aromatic heterocycles. The van der Waals surface area contributed by atoms with Gasteiger partial charge in [-0.05, 0) is 32.0 Å². The van der Waals surface area contributed by atoms with Crippen molar-refractivity contribution in [3.63, 3.8) is 0 Å². The maximum Gasteiger partial charge on any atom is 0.0803 e. The molecule has 0 atom stereocenters. The Kier molecular flexibility index (Phi) is 3.58. The number of benzene rings is 2. The summed E-state index contributed by atoms with van der Waals surface area (Å²) in [6.45, 7) is 4.19. The van der Waals surface area contributed by atoms with Crippen LogP contribution in [0.15, 0.2) is 72.9 Å². The number of nitrogens with zero attached hydrogens (tertiary/aromatic N) is 2. The van der Waals surface area contributed by atoms with Gasteiger partial charge in [0.1, 0.15) is 0 Å². The van der Waals surface area contributed by atoms with Crippen LogP contribution in [0.1, 0.15) is 11.1 Å². The fraction of sp³-hybridized carbons (Fsp3) is 0.0909. The number of hydrogen-bond acceptors (Lipinski definition) is 2. The topological polar surface area (TPSA) is 25.8 Å². The molecule has 0 aliphatic rings. The molecule has 0 unspecified atom stereocenters. The number of aryl methyl sites for hydroxylation is 2. The summed E-state index contributed by atoms with van der Waals surface area (Å²) in [6, 6.07) is 23.1. The summed E-state index contributed by atoms with van der Waals surface area (Å²) in [5.41, 5.74) is 7.63. The third kappa shape index (κ3) is 2.67. The zero-order chi connectivity index (χ0) is 16.5. The van der Waals surface area contributed by atoms with Gasteiger partial charge in [0, 0.05) is 22.7 Å². The highest BCUT2D eigenvalue weighted by atomic mass is 14.7. The van der Waals surface area contributed by atoms with Gasteiger partial charge in [-0.25, -0.2) is 4.98 Å². The smallest absolute Gasteiger partial charge is 0.0803 e. The first-order chi connectivity index (χ1) is 11.7. The zero-order valence-electron chi connectivity index (χ0n) is 13.8. The monoisotopic (exact) mass is 310 g/mol. The summed E-state index contributed by atoms with van der Waals surface area (Å²) in [7, 11) is 0. The van der Waals surface area contributed by atoms with E-state index in [-0.39, 0.29) is 0 Å². The number of fused-ring (bicyclic) bond motifs is 1. The van der Waals surface area contributed by atoms with Crippen LogP contribution >= 0.6 is 0 Å². The fourth-order valence-electron chi connectivity index (χ4n) is 2.88. The van der Waals surface area contributed by atoms with Crippen LogP contribution in [0.4, 0.5) is 0 Å². The van der Waals surface area contributed by atoms with E-state index in [0.29, 0.717) is 0 Å². The number of rotatable bonds is 2. The van der Waals surface area contributed by atoms with Crippen LogP contribution in [-0.4, -0.2) is 9.97 Å². The zero-order valence-corrected chi connectivity index (χ0v) is 13.8. The summed E-state index contributed by atoms with van der Waals surface area (Å²) >= 11 is 0. The van der Waals surface area contributed by atoms with Gasteiger partial charge in [0.25, 0.3) is 0 Å². The molecule has 2 heterocycles. The normalized spacial score (nSPS) is 10.9. The van der Waals surface area contributed by atoms with Crippen molar-refractivity contribution in [2.45, 2.75) is 13.8 Å². The molecule has 0 radical (unpaired) electrons. The largest absolute Gasteiger partial charge is 0.256 e. The van der Waals surface area contributed by atoms with E-state index in [4.69, 9.17) is 4.98 Å². The summed E-state index contributed by atoms with van der Waals surface area (Å²) in [6.07, 6.45) is 1.83. The molecule has 0 N–H and O–H groups in total. The summed E-state index contributed by atoms with van der Waals surface area (Å²) in [5, 5.41) is 1.08. The first-order valence-electron chi connectivity index (χ1n) is 8.10. The van der Waals surface area contributed by atoms with Gasteiger partial charge in [-0.3, -0.25) is 4.98 Å². The van der Waals surface area contributed by atoms with E-state index >= 15 is 0 Å². The molecule has 0 amide bonds. The average molecular weight is 310 g/mol. The molecule has 2 heteroatoms. The van der Waals surface area contributed by atoms with Crippen molar-refractivity contribution in [3.8, 4) is 22.5 Å². The molecule has 116 valence electrons. The van der Waals surface area contributed by atoms with Crippen LogP contribution in [0, 0.1) is 13.8 Å². The lowest BCUT2D eigenvalue weighted by molar-refractivity contribution is 1.31. The molecular formula is C22H18N2. The lowest BCUT2D eigenvalue weighted by atomic mass is 10.0. The van der Waals surface area contributed by atoms with Crippen molar-refractivity contribution >= 4 is 10.9 Å². The molecule has 0 aliphatic carbocycles. The highest BCUT2D eigenvalue weighted by molar-refractivity contribution is 5.94. The number of aromatic nitrogens is 2. The minimum Gasteiger partial charge on any atom is -0.256 e. The molecule has 4 rings (SSSR count).